The van der Waals surface area contributed by atoms with Gasteiger partial charge in [0.15, 0.2) is 5.13 Å². The number of nitrogens with zero attached hydrogens (tertiary/aromatic N) is 3. The van der Waals surface area contributed by atoms with Gasteiger partial charge >= 0.3 is 0 Å². The normalized spacial score (nSPS) is 11.1. The number of nitrogens with one attached hydrogen (secondary N) is 1. The van der Waals surface area contributed by atoms with Gasteiger partial charge in [-0.2, -0.15) is 0 Å². The van der Waals surface area contributed by atoms with Gasteiger partial charge in [-0.15, -0.1) is 0 Å². The first kappa shape index (κ1) is 18.9. The molecule has 0 aliphatic heterocycles. The number of aromatic nitrogens is 1. The average Bonchev–Trinajstić information content (AvgIpc) is 3.06. The molecule has 0 unspecified atom stereocenters. The van der Waals surface area contributed by atoms with Crippen molar-refractivity contribution in [2.45, 2.75) is 6.92 Å². The van der Waals surface area contributed by atoms with Gasteiger partial charge < -0.3 is 4.90 Å². The number of hydrogen-bond donors (Lipinski definition) is 1. The number of nitro groups is 1. The van der Waals surface area contributed by atoms with E-state index in [1.54, 1.807) is 17.0 Å². The van der Waals surface area contributed by atoms with Gasteiger partial charge in [0.25, 0.3) is 11.6 Å². The maximum Gasteiger partial charge on any atom is 0.282 e. The number of hydrogen-bond acceptors (Lipinski definition) is 5. The molecule has 2 aromatic carbocycles. The van der Waals surface area contributed by atoms with E-state index in [4.69, 9.17) is 0 Å². The average molecular weight is 385 g/mol. The summed E-state index contributed by atoms with van der Waals surface area (Å²) < 4.78 is 0.988. The summed E-state index contributed by atoms with van der Waals surface area (Å²) in [6.07, 6.45) is 0. The minimum Gasteiger partial charge on any atom is -0.338 e. The van der Waals surface area contributed by atoms with Crippen molar-refractivity contribution >= 4 is 38.3 Å². The fourth-order valence-electron chi connectivity index (χ4n) is 2.77. The molecule has 0 fully saturated rings. The van der Waals surface area contributed by atoms with Crippen LogP contribution in [-0.2, 0) is 0 Å². The molecular formula is C19H21N4O3S+. The number of anilines is 1. The highest BCUT2D eigenvalue weighted by Crippen LogP contribution is 2.32. The maximum absolute atomic E-state index is 13.2. The van der Waals surface area contributed by atoms with Gasteiger partial charge in [0, 0.05) is 6.07 Å². The molecule has 8 heteroatoms. The first-order valence-corrected chi connectivity index (χ1v) is 9.40. The molecule has 0 aliphatic carbocycles. The topological polar surface area (TPSA) is 80.8 Å². The lowest BCUT2D eigenvalue weighted by Crippen LogP contribution is -3.06. The Bertz CT molecular complexity index is 1000. The van der Waals surface area contributed by atoms with E-state index in [1.165, 1.54) is 28.4 Å². The summed E-state index contributed by atoms with van der Waals surface area (Å²) in [5.74, 6) is -0.403. The maximum atomic E-state index is 13.2. The van der Waals surface area contributed by atoms with E-state index in [0.717, 1.165) is 15.8 Å². The second-order valence-electron chi connectivity index (χ2n) is 6.61. The zero-order chi connectivity index (χ0) is 19.6. The quantitative estimate of drug-likeness (QED) is 0.522. The molecule has 0 spiro atoms. The summed E-state index contributed by atoms with van der Waals surface area (Å²) in [6.45, 7) is 3.09. The zero-order valence-corrected chi connectivity index (χ0v) is 16.2. The van der Waals surface area contributed by atoms with Crippen LogP contribution >= 0.6 is 11.3 Å². The lowest BCUT2D eigenvalue weighted by molar-refractivity contribution is -0.856. The Kier molecular flexibility index (Phi) is 5.48. The number of fused-ring (bicyclic) bond motifs is 1. The highest BCUT2D eigenvalue weighted by atomic mass is 32.1. The van der Waals surface area contributed by atoms with Crippen molar-refractivity contribution in [2.24, 2.45) is 0 Å². The largest absolute Gasteiger partial charge is 0.338 e. The summed E-state index contributed by atoms with van der Waals surface area (Å²) in [6, 6.07) is 11.9. The number of carbonyl (C=O) groups excluding carboxylic acids is 1. The summed E-state index contributed by atoms with van der Waals surface area (Å²) in [7, 11) is 3.99. The molecular weight excluding hydrogens is 364 g/mol. The molecule has 27 heavy (non-hydrogen) atoms. The second kappa shape index (κ2) is 7.81. The molecule has 140 valence electrons. The zero-order valence-electron chi connectivity index (χ0n) is 15.4. The first-order chi connectivity index (χ1) is 12.9. The van der Waals surface area contributed by atoms with Gasteiger partial charge in [-0.1, -0.05) is 35.6 Å². The number of aryl methyl sites for hydroxylation is 1. The number of para-hydroxylation sites is 2. The molecule has 0 aliphatic rings. The van der Waals surface area contributed by atoms with E-state index in [0.29, 0.717) is 18.2 Å². The number of likely N-dealkylation sites (N-methyl/N-ethyl adjacent to an activating group) is 1. The molecule has 1 heterocycles. The van der Waals surface area contributed by atoms with Crippen LogP contribution in [0.5, 0.6) is 0 Å². The fourth-order valence-corrected chi connectivity index (χ4v) is 3.84. The van der Waals surface area contributed by atoms with E-state index >= 15 is 0 Å². The molecule has 0 saturated carbocycles. The van der Waals surface area contributed by atoms with Crippen LogP contribution in [0.4, 0.5) is 10.8 Å². The molecule has 0 bridgehead atoms. The smallest absolute Gasteiger partial charge is 0.282 e. The van der Waals surface area contributed by atoms with Crippen molar-refractivity contribution in [3.8, 4) is 0 Å². The van der Waals surface area contributed by atoms with Crippen molar-refractivity contribution < 1.29 is 14.6 Å². The van der Waals surface area contributed by atoms with Crippen molar-refractivity contribution in [1.82, 2.24) is 4.98 Å². The Morgan fingerprint density at radius 1 is 1.22 bits per heavy atom. The number of thiazole rings is 1. The summed E-state index contributed by atoms with van der Waals surface area (Å²) in [4.78, 5) is 31.4. The lowest BCUT2D eigenvalue weighted by Gasteiger charge is -2.20. The molecule has 0 saturated heterocycles. The van der Waals surface area contributed by atoms with Gasteiger partial charge in [0.1, 0.15) is 5.56 Å². The van der Waals surface area contributed by atoms with Gasteiger partial charge in [0.05, 0.1) is 42.3 Å². The minimum atomic E-state index is -0.523. The number of quaternary nitrogens is 1. The Hall–Kier alpha value is -2.84. The predicted molar refractivity (Wildman–Crippen MR) is 107 cm³/mol. The van der Waals surface area contributed by atoms with Gasteiger partial charge in [0.2, 0.25) is 0 Å². The third-order valence-corrected chi connectivity index (χ3v) is 5.30. The third-order valence-electron chi connectivity index (χ3n) is 4.25. The van der Waals surface area contributed by atoms with Crippen LogP contribution in [0, 0.1) is 17.0 Å². The van der Waals surface area contributed by atoms with Crippen molar-refractivity contribution in [1.29, 1.82) is 0 Å². The number of rotatable bonds is 6. The number of benzene rings is 2. The molecule has 1 N–H and O–H groups in total. The van der Waals surface area contributed by atoms with Crippen molar-refractivity contribution in [3.05, 3.63) is 63.7 Å². The van der Waals surface area contributed by atoms with Crippen molar-refractivity contribution in [3.63, 3.8) is 0 Å². The third kappa shape index (κ3) is 3.96. The summed E-state index contributed by atoms with van der Waals surface area (Å²) in [5, 5.41) is 11.9. The van der Waals surface area contributed by atoms with Gasteiger partial charge in [-0.25, -0.2) is 4.98 Å². The Labute approximate surface area is 161 Å². The van der Waals surface area contributed by atoms with Crippen LogP contribution in [0.3, 0.4) is 0 Å². The molecule has 3 rings (SSSR count). The minimum absolute atomic E-state index is 0.0761. The lowest BCUT2D eigenvalue weighted by atomic mass is 10.1. The molecule has 1 amide bonds. The predicted octanol–water partition coefficient (Wildman–Crippen LogP) is 2.30. The van der Waals surface area contributed by atoms with E-state index in [2.05, 4.69) is 4.98 Å². The van der Waals surface area contributed by atoms with Crippen LogP contribution in [0.1, 0.15) is 15.9 Å². The SMILES string of the molecule is Cc1cccc2sc(N(CC[NH+](C)C)C(=O)c3ccccc3[N+](=O)[O-])nc12. The van der Waals surface area contributed by atoms with Crippen LogP contribution in [-0.4, -0.2) is 43.0 Å². The Morgan fingerprint density at radius 2 is 1.96 bits per heavy atom. The highest BCUT2D eigenvalue weighted by Gasteiger charge is 2.27. The van der Waals surface area contributed by atoms with Gasteiger partial charge in [-0.05, 0) is 24.6 Å². The highest BCUT2D eigenvalue weighted by molar-refractivity contribution is 7.22. The number of nitro benzene ring substituents is 1. The van der Waals surface area contributed by atoms with Crippen LogP contribution in [0.15, 0.2) is 42.5 Å². The fraction of sp³-hybridized carbons (Fsp3) is 0.263. The van der Waals surface area contributed by atoms with E-state index in [9.17, 15) is 14.9 Å². The monoisotopic (exact) mass is 385 g/mol. The van der Waals surface area contributed by atoms with E-state index < -0.39 is 10.8 Å². The van der Waals surface area contributed by atoms with Crippen molar-refractivity contribution in [2.75, 3.05) is 32.1 Å². The Morgan fingerprint density at radius 3 is 2.63 bits per heavy atom. The summed E-state index contributed by atoms with van der Waals surface area (Å²) >= 11 is 1.42. The first-order valence-electron chi connectivity index (χ1n) is 8.59. The Balaban J connectivity index is 2.06. The van der Waals surface area contributed by atoms with Gasteiger partial charge in [-0.3, -0.25) is 19.8 Å². The number of amides is 1. The summed E-state index contributed by atoms with van der Waals surface area (Å²) in [5.41, 5.74) is 1.77. The molecule has 1 aromatic heterocycles. The molecule has 0 atom stereocenters. The number of carbonyl (C=O) groups is 1. The molecule has 7 nitrogen and oxygen atoms in total. The van der Waals surface area contributed by atoms with E-state index in [-0.39, 0.29) is 11.3 Å². The molecule has 0 radical (unpaired) electrons. The van der Waals surface area contributed by atoms with E-state index in [1.807, 2.05) is 39.2 Å². The standard InChI is InChI=1S/C19H20N4O3S/c1-13-7-6-10-16-17(13)20-19(27-16)22(12-11-21(2)3)18(24)14-8-4-5-9-15(14)23(25)26/h4-10H,11-12H2,1-3H3/p+1. The van der Waals surface area contributed by atoms with Crippen LogP contribution in [0.25, 0.3) is 10.2 Å². The second-order valence-corrected chi connectivity index (χ2v) is 7.62. The molecule has 3 aromatic rings. The van der Waals surface area contributed by atoms with Crippen LogP contribution in [0.2, 0.25) is 0 Å². The van der Waals surface area contributed by atoms with Crippen LogP contribution < -0.4 is 9.80 Å².